The van der Waals surface area contributed by atoms with Crippen LogP contribution >= 0.6 is 0 Å². The standard InChI is InChI=1S/C12H12N2O6S/c1-2-19-11-4-3-9(5-10(11)12(15)16)21(17,18)14-8-6-13-20-7-8/h3-7,14H,2H2,1H3,(H,15,16). The Hall–Kier alpha value is -2.55. The van der Waals surface area contributed by atoms with Crippen LogP contribution in [0.1, 0.15) is 17.3 Å². The van der Waals surface area contributed by atoms with Crippen LogP contribution in [0.5, 0.6) is 5.75 Å². The average Bonchev–Trinajstić information content (AvgIpc) is 2.91. The first-order chi connectivity index (χ1) is 9.94. The van der Waals surface area contributed by atoms with E-state index < -0.39 is 16.0 Å². The fourth-order valence-corrected chi connectivity index (χ4v) is 2.64. The van der Waals surface area contributed by atoms with Crippen molar-refractivity contribution in [2.75, 3.05) is 11.3 Å². The highest BCUT2D eigenvalue weighted by Gasteiger charge is 2.20. The number of benzene rings is 1. The number of carboxylic acids is 1. The van der Waals surface area contributed by atoms with Crippen LogP contribution in [0.4, 0.5) is 5.69 Å². The van der Waals surface area contributed by atoms with E-state index in [9.17, 15) is 13.2 Å². The van der Waals surface area contributed by atoms with Crippen molar-refractivity contribution in [3.05, 3.63) is 36.2 Å². The van der Waals surface area contributed by atoms with Crippen molar-refractivity contribution in [1.82, 2.24) is 5.16 Å². The van der Waals surface area contributed by atoms with E-state index in [-0.39, 0.29) is 28.5 Å². The largest absolute Gasteiger partial charge is 0.493 e. The molecule has 0 aliphatic carbocycles. The van der Waals surface area contributed by atoms with E-state index in [0.29, 0.717) is 0 Å². The van der Waals surface area contributed by atoms with Gasteiger partial charge in [-0.3, -0.25) is 4.72 Å². The minimum absolute atomic E-state index is 0.105. The van der Waals surface area contributed by atoms with Crippen LogP contribution < -0.4 is 9.46 Å². The molecule has 2 N–H and O–H groups in total. The second-order valence-electron chi connectivity index (χ2n) is 3.91. The lowest BCUT2D eigenvalue weighted by Crippen LogP contribution is -2.14. The first-order valence-corrected chi connectivity index (χ1v) is 7.34. The number of sulfonamides is 1. The molecule has 1 aromatic heterocycles. The van der Waals surface area contributed by atoms with Gasteiger partial charge in [-0.25, -0.2) is 13.2 Å². The first-order valence-electron chi connectivity index (χ1n) is 5.86. The van der Waals surface area contributed by atoms with Gasteiger partial charge in [0, 0.05) is 0 Å². The van der Waals surface area contributed by atoms with Gasteiger partial charge in [0.25, 0.3) is 10.0 Å². The first kappa shape index (κ1) is 14.9. The second kappa shape index (κ2) is 5.83. The summed E-state index contributed by atoms with van der Waals surface area (Å²) in [5.74, 6) is -1.17. The van der Waals surface area contributed by atoms with E-state index in [0.717, 1.165) is 12.3 Å². The molecule has 0 unspecified atom stereocenters. The van der Waals surface area contributed by atoms with Crippen molar-refractivity contribution in [3.63, 3.8) is 0 Å². The third-order valence-corrected chi connectivity index (χ3v) is 3.86. The Kier molecular flexibility index (Phi) is 4.13. The molecule has 9 heteroatoms. The van der Waals surface area contributed by atoms with E-state index in [4.69, 9.17) is 9.84 Å². The van der Waals surface area contributed by atoms with Crippen LogP contribution in [0, 0.1) is 0 Å². The van der Waals surface area contributed by atoms with Crippen molar-refractivity contribution in [2.24, 2.45) is 0 Å². The van der Waals surface area contributed by atoms with Crippen molar-refractivity contribution >= 4 is 21.7 Å². The molecule has 0 saturated carbocycles. The van der Waals surface area contributed by atoms with Gasteiger partial charge in [-0.05, 0) is 25.1 Å². The smallest absolute Gasteiger partial charge is 0.339 e. The quantitative estimate of drug-likeness (QED) is 0.831. The number of nitrogens with zero attached hydrogens (tertiary/aromatic N) is 1. The Labute approximate surface area is 120 Å². The van der Waals surface area contributed by atoms with Crippen molar-refractivity contribution in [2.45, 2.75) is 11.8 Å². The molecule has 2 rings (SSSR count). The molecule has 8 nitrogen and oxygen atoms in total. The number of carbonyl (C=O) groups is 1. The highest BCUT2D eigenvalue weighted by molar-refractivity contribution is 7.92. The summed E-state index contributed by atoms with van der Waals surface area (Å²) in [4.78, 5) is 11.0. The number of ether oxygens (including phenoxy) is 1. The zero-order chi connectivity index (χ0) is 15.5. The van der Waals surface area contributed by atoms with Gasteiger partial charge in [0.15, 0.2) is 0 Å². The maximum Gasteiger partial charge on any atom is 0.339 e. The van der Waals surface area contributed by atoms with Gasteiger partial charge in [0.1, 0.15) is 23.3 Å². The number of hydrogen-bond acceptors (Lipinski definition) is 6. The molecule has 1 aromatic carbocycles. The van der Waals surface area contributed by atoms with Crippen molar-refractivity contribution in [1.29, 1.82) is 0 Å². The van der Waals surface area contributed by atoms with Gasteiger partial charge in [-0.1, -0.05) is 5.16 Å². The molecule has 0 amide bonds. The van der Waals surface area contributed by atoms with Gasteiger partial charge in [-0.2, -0.15) is 0 Å². The number of nitrogens with one attached hydrogen (secondary N) is 1. The number of anilines is 1. The van der Waals surface area contributed by atoms with Crippen molar-refractivity contribution < 1.29 is 27.6 Å². The normalized spacial score (nSPS) is 11.1. The van der Waals surface area contributed by atoms with Gasteiger partial charge < -0.3 is 14.4 Å². The number of aromatic nitrogens is 1. The molecule has 0 fully saturated rings. The Morgan fingerprint density at radius 3 is 2.81 bits per heavy atom. The van der Waals surface area contributed by atoms with Gasteiger partial charge in [0.2, 0.25) is 0 Å². The van der Waals surface area contributed by atoms with E-state index in [1.54, 1.807) is 6.92 Å². The maximum absolute atomic E-state index is 12.1. The molecule has 1 heterocycles. The fourth-order valence-electron chi connectivity index (χ4n) is 1.59. The maximum atomic E-state index is 12.1. The summed E-state index contributed by atoms with van der Waals surface area (Å²) in [5, 5.41) is 12.5. The highest BCUT2D eigenvalue weighted by Crippen LogP contribution is 2.24. The van der Waals surface area contributed by atoms with E-state index >= 15 is 0 Å². The summed E-state index contributed by atoms with van der Waals surface area (Å²) in [6, 6.07) is 3.59. The summed E-state index contributed by atoms with van der Waals surface area (Å²) in [7, 11) is -3.94. The van der Waals surface area contributed by atoms with Crippen LogP contribution in [0.15, 0.2) is 40.1 Å². The topological polar surface area (TPSA) is 119 Å². The summed E-state index contributed by atoms with van der Waals surface area (Å²) in [6.07, 6.45) is 2.30. The van der Waals surface area contributed by atoms with Gasteiger partial charge in [0.05, 0.1) is 17.7 Å². The molecule has 0 atom stereocenters. The Morgan fingerprint density at radius 1 is 1.48 bits per heavy atom. The average molecular weight is 312 g/mol. The minimum atomic E-state index is -3.94. The summed E-state index contributed by atoms with van der Waals surface area (Å²) >= 11 is 0. The zero-order valence-electron chi connectivity index (χ0n) is 10.9. The molecule has 0 bridgehead atoms. The molecule has 21 heavy (non-hydrogen) atoms. The molecule has 2 aromatic rings. The predicted octanol–water partition coefficient (Wildman–Crippen LogP) is 1.57. The van der Waals surface area contributed by atoms with Crippen LogP contribution in [0.2, 0.25) is 0 Å². The van der Waals surface area contributed by atoms with E-state index in [2.05, 4.69) is 14.4 Å². The fraction of sp³-hybridized carbons (Fsp3) is 0.167. The Balaban J connectivity index is 2.39. The predicted molar refractivity (Wildman–Crippen MR) is 71.9 cm³/mol. The molecule has 0 radical (unpaired) electrons. The minimum Gasteiger partial charge on any atom is -0.493 e. The number of carboxylic acid groups (broad SMARTS) is 1. The molecular formula is C12H12N2O6S. The molecule has 0 spiro atoms. The highest BCUT2D eigenvalue weighted by atomic mass is 32.2. The third kappa shape index (κ3) is 3.31. The van der Waals surface area contributed by atoms with Crippen LogP contribution in [-0.4, -0.2) is 31.3 Å². The lowest BCUT2D eigenvalue weighted by atomic mass is 10.2. The van der Waals surface area contributed by atoms with Crippen LogP contribution in [0.25, 0.3) is 0 Å². The second-order valence-corrected chi connectivity index (χ2v) is 5.60. The third-order valence-electron chi connectivity index (χ3n) is 2.48. The number of rotatable bonds is 6. The van der Waals surface area contributed by atoms with Crippen LogP contribution in [0.3, 0.4) is 0 Å². The number of aromatic carboxylic acids is 1. The summed E-state index contributed by atoms with van der Waals surface area (Å²) < 4.78 is 36.1. The molecule has 112 valence electrons. The van der Waals surface area contributed by atoms with Crippen LogP contribution in [-0.2, 0) is 10.0 Å². The lowest BCUT2D eigenvalue weighted by molar-refractivity contribution is 0.0692. The Bertz CT molecular complexity index is 739. The van der Waals surface area contributed by atoms with Crippen molar-refractivity contribution in [3.8, 4) is 5.75 Å². The summed E-state index contributed by atoms with van der Waals surface area (Å²) in [6.45, 7) is 1.97. The van der Waals surface area contributed by atoms with E-state index in [1.165, 1.54) is 18.3 Å². The summed E-state index contributed by atoms with van der Waals surface area (Å²) in [5.41, 5.74) is -0.0918. The molecular weight excluding hydrogens is 300 g/mol. The SMILES string of the molecule is CCOc1ccc(S(=O)(=O)Nc2cnoc2)cc1C(=O)O. The van der Waals surface area contributed by atoms with Gasteiger partial charge >= 0.3 is 5.97 Å². The Morgan fingerprint density at radius 2 is 2.24 bits per heavy atom. The molecule has 0 saturated heterocycles. The van der Waals surface area contributed by atoms with E-state index in [1.807, 2.05) is 0 Å². The monoisotopic (exact) mass is 312 g/mol. The molecule has 0 aliphatic heterocycles. The zero-order valence-corrected chi connectivity index (χ0v) is 11.8. The lowest BCUT2D eigenvalue weighted by Gasteiger charge is -2.10. The van der Waals surface area contributed by atoms with Gasteiger partial charge in [-0.15, -0.1) is 0 Å². The number of hydrogen-bond donors (Lipinski definition) is 2. The molecule has 0 aliphatic rings.